The third kappa shape index (κ3) is 3.44. The van der Waals surface area contributed by atoms with Crippen LogP contribution in [-0.2, 0) is 10.3 Å². The summed E-state index contributed by atoms with van der Waals surface area (Å²) in [4.78, 5) is 15.8. The minimum atomic E-state index is -4.31. The zero-order valence-corrected chi connectivity index (χ0v) is 10.1. The van der Waals surface area contributed by atoms with E-state index in [1.165, 1.54) is 0 Å². The van der Waals surface area contributed by atoms with E-state index in [-0.39, 0.29) is 0 Å². The lowest BCUT2D eigenvalue weighted by Gasteiger charge is -2.42. The minimum absolute atomic E-state index is 0.474. The summed E-state index contributed by atoms with van der Waals surface area (Å²) in [5.41, 5.74) is -0.0154. The highest BCUT2D eigenvalue weighted by molar-refractivity contribution is 5.77. The summed E-state index contributed by atoms with van der Waals surface area (Å²) in [7, 11) is 0. The molecule has 0 bridgehead atoms. The first-order valence-electron chi connectivity index (χ1n) is 5.91. The molecule has 0 radical (unpaired) electrons. The average Bonchev–Trinajstić information content (AvgIpc) is 2.31. The summed E-state index contributed by atoms with van der Waals surface area (Å²) in [5.74, 6) is -0.607. The number of halogens is 3. The molecule has 0 spiro atoms. The second-order valence-corrected chi connectivity index (χ2v) is 4.56. The summed E-state index contributed by atoms with van der Waals surface area (Å²) in [5, 5.41) is 5.66. The summed E-state index contributed by atoms with van der Waals surface area (Å²) in [6.45, 7) is 0.948. The Morgan fingerprint density at radius 2 is 2.16 bits per heavy atom. The van der Waals surface area contributed by atoms with Crippen molar-refractivity contribution in [3.8, 4) is 0 Å². The molecule has 19 heavy (non-hydrogen) atoms. The van der Waals surface area contributed by atoms with Gasteiger partial charge in [0.15, 0.2) is 0 Å². The fourth-order valence-electron chi connectivity index (χ4n) is 1.94. The predicted molar refractivity (Wildman–Crippen MR) is 62.2 cm³/mol. The Morgan fingerprint density at radius 1 is 1.42 bits per heavy atom. The summed E-state index contributed by atoms with van der Waals surface area (Å²) >= 11 is 0. The molecular formula is C12H14F3N3O. The Kier molecular flexibility index (Phi) is 3.75. The molecule has 2 heterocycles. The van der Waals surface area contributed by atoms with Crippen LogP contribution in [0.4, 0.5) is 13.2 Å². The molecule has 0 saturated carbocycles. The zero-order valence-electron chi connectivity index (χ0n) is 10.1. The fraction of sp³-hybridized carbons (Fsp3) is 0.500. The maximum atomic E-state index is 12.1. The molecule has 1 aliphatic rings. The van der Waals surface area contributed by atoms with Crippen molar-refractivity contribution in [2.24, 2.45) is 0 Å². The Labute approximate surface area is 108 Å². The highest BCUT2D eigenvalue weighted by atomic mass is 19.4. The predicted octanol–water partition coefficient (Wildman–Crippen LogP) is 1.34. The van der Waals surface area contributed by atoms with Crippen LogP contribution in [0.3, 0.4) is 0 Å². The van der Waals surface area contributed by atoms with Crippen LogP contribution in [0.1, 0.15) is 18.5 Å². The molecule has 1 saturated heterocycles. The van der Waals surface area contributed by atoms with E-state index in [1.807, 2.05) is 0 Å². The van der Waals surface area contributed by atoms with Gasteiger partial charge in [0.05, 0.1) is 12.1 Å². The number of amides is 1. The molecule has 7 heteroatoms. The number of nitrogens with zero attached hydrogens (tertiary/aromatic N) is 1. The van der Waals surface area contributed by atoms with Crippen LogP contribution < -0.4 is 10.6 Å². The second kappa shape index (κ2) is 5.16. The van der Waals surface area contributed by atoms with Crippen LogP contribution in [0.5, 0.6) is 0 Å². The first-order valence-corrected chi connectivity index (χ1v) is 5.91. The number of carbonyl (C=O) groups excluding carboxylic acids is 1. The summed E-state index contributed by atoms with van der Waals surface area (Å²) < 4.78 is 36.2. The van der Waals surface area contributed by atoms with E-state index in [2.05, 4.69) is 15.6 Å². The van der Waals surface area contributed by atoms with Crippen molar-refractivity contribution in [3.63, 3.8) is 0 Å². The van der Waals surface area contributed by atoms with E-state index in [9.17, 15) is 18.0 Å². The van der Waals surface area contributed by atoms with E-state index in [0.29, 0.717) is 18.8 Å². The van der Waals surface area contributed by atoms with Crippen LogP contribution in [0, 0.1) is 0 Å². The van der Waals surface area contributed by atoms with Crippen LogP contribution in [-0.4, -0.2) is 30.2 Å². The first kappa shape index (κ1) is 13.8. The first-order chi connectivity index (χ1) is 8.91. The number of carbonyl (C=O) groups is 1. The average molecular weight is 273 g/mol. The fourth-order valence-corrected chi connectivity index (χ4v) is 1.94. The van der Waals surface area contributed by atoms with Gasteiger partial charge in [0.25, 0.3) is 0 Å². The number of rotatable bonds is 4. The highest BCUT2D eigenvalue weighted by Gasteiger charge is 2.41. The Morgan fingerprint density at radius 3 is 2.63 bits per heavy atom. The van der Waals surface area contributed by atoms with E-state index in [0.717, 1.165) is 0 Å². The number of pyridine rings is 1. The van der Waals surface area contributed by atoms with Crippen molar-refractivity contribution in [2.75, 3.05) is 13.1 Å². The lowest BCUT2D eigenvalue weighted by molar-refractivity contribution is -0.145. The van der Waals surface area contributed by atoms with Crippen molar-refractivity contribution < 1.29 is 18.0 Å². The SMILES string of the molecule is O=C(CCC(F)(F)F)NC1(c2ccccn2)CNC1. The third-order valence-corrected chi connectivity index (χ3v) is 3.02. The van der Waals surface area contributed by atoms with Gasteiger partial charge in [-0.15, -0.1) is 0 Å². The van der Waals surface area contributed by atoms with E-state index in [4.69, 9.17) is 0 Å². The number of aromatic nitrogens is 1. The van der Waals surface area contributed by atoms with Crippen LogP contribution in [0.2, 0.25) is 0 Å². The van der Waals surface area contributed by atoms with Gasteiger partial charge in [0, 0.05) is 25.7 Å². The third-order valence-electron chi connectivity index (χ3n) is 3.02. The zero-order chi connectivity index (χ0) is 13.9. The molecule has 1 fully saturated rings. The lowest BCUT2D eigenvalue weighted by Crippen LogP contribution is -2.66. The van der Waals surface area contributed by atoms with Crippen LogP contribution in [0.25, 0.3) is 0 Å². The quantitative estimate of drug-likeness (QED) is 0.870. The van der Waals surface area contributed by atoms with Crippen molar-refractivity contribution in [1.82, 2.24) is 15.6 Å². The van der Waals surface area contributed by atoms with E-state index in [1.54, 1.807) is 24.4 Å². The molecule has 1 aliphatic heterocycles. The van der Waals surface area contributed by atoms with Crippen LogP contribution in [0.15, 0.2) is 24.4 Å². The monoisotopic (exact) mass is 273 g/mol. The van der Waals surface area contributed by atoms with Gasteiger partial charge in [0.2, 0.25) is 5.91 Å². The minimum Gasteiger partial charge on any atom is -0.342 e. The normalized spacial score (nSPS) is 17.6. The van der Waals surface area contributed by atoms with Gasteiger partial charge in [-0.05, 0) is 12.1 Å². The lowest BCUT2D eigenvalue weighted by atomic mass is 9.87. The number of hydrogen-bond donors (Lipinski definition) is 2. The molecule has 104 valence electrons. The summed E-state index contributed by atoms with van der Waals surface area (Å²) in [6.07, 6.45) is -4.38. The number of alkyl halides is 3. The molecule has 0 atom stereocenters. The Balaban J connectivity index is 1.98. The molecular weight excluding hydrogens is 259 g/mol. The smallest absolute Gasteiger partial charge is 0.342 e. The molecule has 0 unspecified atom stereocenters. The molecule has 1 aromatic heterocycles. The van der Waals surface area contributed by atoms with Gasteiger partial charge in [-0.25, -0.2) is 0 Å². The van der Waals surface area contributed by atoms with Gasteiger partial charge in [-0.2, -0.15) is 13.2 Å². The Bertz CT molecular complexity index is 443. The molecule has 1 amide bonds. The van der Waals surface area contributed by atoms with Gasteiger partial charge in [-0.3, -0.25) is 9.78 Å². The second-order valence-electron chi connectivity index (χ2n) is 4.56. The van der Waals surface area contributed by atoms with Crippen molar-refractivity contribution in [2.45, 2.75) is 24.6 Å². The molecule has 2 N–H and O–H groups in total. The Hall–Kier alpha value is -1.63. The van der Waals surface area contributed by atoms with E-state index < -0.39 is 30.5 Å². The van der Waals surface area contributed by atoms with Gasteiger partial charge in [-0.1, -0.05) is 6.07 Å². The highest BCUT2D eigenvalue weighted by Crippen LogP contribution is 2.25. The molecule has 4 nitrogen and oxygen atoms in total. The van der Waals surface area contributed by atoms with Crippen molar-refractivity contribution >= 4 is 5.91 Å². The topological polar surface area (TPSA) is 54.0 Å². The van der Waals surface area contributed by atoms with Gasteiger partial charge >= 0.3 is 6.18 Å². The van der Waals surface area contributed by atoms with Gasteiger partial charge in [0.1, 0.15) is 5.54 Å². The number of hydrogen-bond acceptors (Lipinski definition) is 3. The maximum Gasteiger partial charge on any atom is 0.389 e. The van der Waals surface area contributed by atoms with Crippen molar-refractivity contribution in [3.05, 3.63) is 30.1 Å². The molecule has 2 rings (SSSR count). The van der Waals surface area contributed by atoms with E-state index >= 15 is 0 Å². The summed E-state index contributed by atoms with van der Waals surface area (Å²) in [6, 6.07) is 5.28. The van der Waals surface area contributed by atoms with Crippen LogP contribution >= 0.6 is 0 Å². The molecule has 0 aliphatic carbocycles. The number of nitrogens with one attached hydrogen (secondary N) is 2. The molecule has 0 aromatic carbocycles. The van der Waals surface area contributed by atoms with Crippen molar-refractivity contribution in [1.29, 1.82) is 0 Å². The largest absolute Gasteiger partial charge is 0.389 e. The standard InChI is InChI=1S/C12H14F3N3O/c13-12(14,15)5-4-10(19)18-11(7-16-8-11)9-3-1-2-6-17-9/h1-3,6,16H,4-5,7-8H2,(H,18,19). The maximum absolute atomic E-state index is 12.1. The molecule has 1 aromatic rings. The van der Waals surface area contributed by atoms with Gasteiger partial charge < -0.3 is 10.6 Å².